The van der Waals surface area contributed by atoms with E-state index in [1.165, 1.54) is 0 Å². The zero-order valence-corrected chi connectivity index (χ0v) is 9.34. The van der Waals surface area contributed by atoms with E-state index in [1.54, 1.807) is 24.5 Å². The van der Waals surface area contributed by atoms with Gasteiger partial charge in [-0.05, 0) is 31.0 Å². The van der Waals surface area contributed by atoms with Gasteiger partial charge in [0.15, 0.2) is 0 Å². The largest absolute Gasteiger partial charge is 0.326 e. The van der Waals surface area contributed by atoms with Crippen LogP contribution in [-0.4, -0.2) is 16.4 Å². The minimum absolute atomic E-state index is 0.0778. The summed E-state index contributed by atoms with van der Waals surface area (Å²) in [5.74, 6) is 0.273. The zero-order chi connectivity index (χ0) is 10.8. The van der Waals surface area contributed by atoms with Crippen LogP contribution in [0.1, 0.15) is 12.8 Å². The number of benzene rings is 1. The first kappa shape index (κ1) is 10.4. The van der Waals surface area contributed by atoms with Gasteiger partial charge >= 0.3 is 0 Å². The molecule has 1 fully saturated rings. The summed E-state index contributed by atoms with van der Waals surface area (Å²) in [7, 11) is -1.00. The highest BCUT2D eigenvalue weighted by molar-refractivity contribution is 7.84. The standard InChI is InChI=1S/C11H13NO2S/c1-15(14)10-4-2-3-9(7-10)12-11(13)8-5-6-8/h2-4,7-8H,5-6H2,1H3,(H,12,13). The molecule has 15 heavy (non-hydrogen) atoms. The van der Waals surface area contributed by atoms with Crippen molar-refractivity contribution in [2.24, 2.45) is 5.92 Å². The summed E-state index contributed by atoms with van der Waals surface area (Å²) in [4.78, 5) is 12.2. The van der Waals surface area contributed by atoms with Gasteiger partial charge in [0.05, 0.1) is 0 Å². The third-order valence-electron chi connectivity index (χ3n) is 2.38. The highest BCUT2D eigenvalue weighted by atomic mass is 32.2. The van der Waals surface area contributed by atoms with Gasteiger partial charge in [0.1, 0.15) is 0 Å². The molecule has 1 aliphatic rings. The van der Waals surface area contributed by atoms with E-state index in [0.717, 1.165) is 23.4 Å². The topological polar surface area (TPSA) is 46.2 Å². The molecular formula is C11H13NO2S. The maximum absolute atomic E-state index is 11.5. The van der Waals surface area contributed by atoms with Gasteiger partial charge < -0.3 is 5.32 Å². The van der Waals surface area contributed by atoms with E-state index in [0.29, 0.717) is 0 Å². The van der Waals surface area contributed by atoms with E-state index < -0.39 is 10.8 Å². The van der Waals surface area contributed by atoms with Crippen LogP contribution in [0.25, 0.3) is 0 Å². The van der Waals surface area contributed by atoms with Gasteiger partial charge in [0, 0.05) is 33.6 Å². The zero-order valence-electron chi connectivity index (χ0n) is 8.53. The minimum Gasteiger partial charge on any atom is -0.326 e. The third kappa shape index (κ3) is 2.65. The van der Waals surface area contributed by atoms with Crippen LogP contribution in [0.5, 0.6) is 0 Å². The number of anilines is 1. The molecule has 1 saturated carbocycles. The Kier molecular flexibility index (Phi) is 2.86. The van der Waals surface area contributed by atoms with Crippen molar-refractivity contribution >= 4 is 22.4 Å². The molecule has 1 atom stereocenters. The van der Waals surface area contributed by atoms with Crippen molar-refractivity contribution < 1.29 is 9.00 Å². The highest BCUT2D eigenvalue weighted by Gasteiger charge is 2.29. The SMILES string of the molecule is CS(=O)c1cccc(NC(=O)C2CC2)c1. The first-order chi connectivity index (χ1) is 7.16. The van der Waals surface area contributed by atoms with Gasteiger partial charge in [0.25, 0.3) is 0 Å². The lowest BCUT2D eigenvalue weighted by molar-refractivity contribution is -0.117. The molecule has 1 unspecified atom stereocenters. The first-order valence-electron chi connectivity index (χ1n) is 4.91. The molecule has 0 spiro atoms. The molecule has 2 rings (SSSR count). The predicted molar refractivity (Wildman–Crippen MR) is 60.1 cm³/mol. The monoisotopic (exact) mass is 223 g/mol. The molecule has 1 amide bonds. The van der Waals surface area contributed by atoms with Crippen molar-refractivity contribution in [1.29, 1.82) is 0 Å². The molecule has 0 radical (unpaired) electrons. The van der Waals surface area contributed by atoms with Crippen molar-refractivity contribution in [2.75, 3.05) is 11.6 Å². The molecule has 0 aliphatic heterocycles. The van der Waals surface area contributed by atoms with E-state index >= 15 is 0 Å². The number of carbonyl (C=O) groups excluding carboxylic acids is 1. The Balaban J connectivity index is 2.10. The smallest absolute Gasteiger partial charge is 0.227 e. The summed E-state index contributed by atoms with van der Waals surface area (Å²) in [5.41, 5.74) is 0.736. The number of hydrogen-bond donors (Lipinski definition) is 1. The van der Waals surface area contributed by atoms with Gasteiger partial charge in [0.2, 0.25) is 5.91 Å². The van der Waals surface area contributed by atoms with Crippen LogP contribution in [-0.2, 0) is 15.6 Å². The summed E-state index contributed by atoms with van der Waals surface area (Å²) in [6, 6.07) is 7.18. The Morgan fingerprint density at radius 1 is 1.47 bits per heavy atom. The average Bonchev–Trinajstić information content (AvgIpc) is 3.01. The number of amides is 1. The highest BCUT2D eigenvalue weighted by Crippen LogP contribution is 2.30. The maximum atomic E-state index is 11.5. The molecule has 4 heteroatoms. The Morgan fingerprint density at radius 3 is 2.80 bits per heavy atom. The molecule has 80 valence electrons. The van der Waals surface area contributed by atoms with E-state index in [4.69, 9.17) is 0 Å². The van der Waals surface area contributed by atoms with Gasteiger partial charge in [-0.2, -0.15) is 0 Å². The lowest BCUT2D eigenvalue weighted by Crippen LogP contribution is -2.13. The van der Waals surface area contributed by atoms with Crippen LogP contribution < -0.4 is 5.32 Å². The summed E-state index contributed by atoms with van der Waals surface area (Å²) < 4.78 is 11.2. The van der Waals surface area contributed by atoms with Crippen LogP contribution in [0.2, 0.25) is 0 Å². The van der Waals surface area contributed by atoms with E-state index in [1.807, 2.05) is 6.07 Å². The van der Waals surface area contributed by atoms with Crippen molar-refractivity contribution in [3.05, 3.63) is 24.3 Å². The number of hydrogen-bond acceptors (Lipinski definition) is 2. The van der Waals surface area contributed by atoms with E-state index in [2.05, 4.69) is 5.32 Å². The quantitative estimate of drug-likeness (QED) is 0.849. The Hall–Kier alpha value is -1.16. The fourth-order valence-corrected chi connectivity index (χ4v) is 1.91. The molecule has 1 aromatic rings. The molecule has 0 aromatic heterocycles. The lowest BCUT2D eigenvalue weighted by atomic mass is 10.3. The van der Waals surface area contributed by atoms with Crippen molar-refractivity contribution in [3.63, 3.8) is 0 Å². The molecule has 1 N–H and O–H groups in total. The number of rotatable bonds is 3. The van der Waals surface area contributed by atoms with Crippen LogP contribution in [0.3, 0.4) is 0 Å². The lowest BCUT2D eigenvalue weighted by Gasteiger charge is -2.05. The van der Waals surface area contributed by atoms with Crippen LogP contribution in [0.4, 0.5) is 5.69 Å². The Bertz CT molecular complexity index is 413. The molecule has 0 saturated heterocycles. The normalized spacial score (nSPS) is 17.1. The molecule has 1 aliphatic carbocycles. The third-order valence-corrected chi connectivity index (χ3v) is 3.30. The summed E-state index contributed by atoms with van der Waals surface area (Å²) in [6.45, 7) is 0. The van der Waals surface area contributed by atoms with Gasteiger partial charge in [-0.1, -0.05) is 6.07 Å². The second kappa shape index (κ2) is 4.14. The molecular weight excluding hydrogens is 210 g/mol. The number of nitrogens with one attached hydrogen (secondary N) is 1. The molecule has 0 heterocycles. The molecule has 1 aromatic carbocycles. The minimum atomic E-state index is -1.00. The summed E-state index contributed by atoms with van der Waals surface area (Å²) >= 11 is 0. The van der Waals surface area contributed by atoms with Gasteiger partial charge in [-0.15, -0.1) is 0 Å². The summed E-state index contributed by atoms with van der Waals surface area (Å²) in [5, 5.41) is 2.83. The van der Waals surface area contributed by atoms with E-state index in [9.17, 15) is 9.00 Å². The summed E-state index contributed by atoms with van der Waals surface area (Å²) in [6.07, 6.45) is 3.61. The fourth-order valence-electron chi connectivity index (χ4n) is 1.34. The van der Waals surface area contributed by atoms with Crippen molar-refractivity contribution in [1.82, 2.24) is 0 Å². The second-order valence-corrected chi connectivity index (χ2v) is 5.13. The maximum Gasteiger partial charge on any atom is 0.227 e. The van der Waals surface area contributed by atoms with Crippen molar-refractivity contribution in [3.8, 4) is 0 Å². The number of carbonyl (C=O) groups is 1. The van der Waals surface area contributed by atoms with Crippen LogP contribution in [0, 0.1) is 5.92 Å². The van der Waals surface area contributed by atoms with Crippen LogP contribution >= 0.6 is 0 Å². The predicted octanol–water partition coefficient (Wildman–Crippen LogP) is 1.77. The van der Waals surface area contributed by atoms with Gasteiger partial charge in [-0.3, -0.25) is 9.00 Å². The second-order valence-electron chi connectivity index (χ2n) is 3.75. The molecule has 3 nitrogen and oxygen atoms in total. The van der Waals surface area contributed by atoms with Gasteiger partial charge in [-0.25, -0.2) is 0 Å². The Labute approximate surface area is 91.3 Å². The van der Waals surface area contributed by atoms with Crippen molar-refractivity contribution in [2.45, 2.75) is 17.7 Å². The Morgan fingerprint density at radius 2 is 2.20 bits per heavy atom. The molecule has 0 bridgehead atoms. The van der Waals surface area contributed by atoms with Crippen LogP contribution in [0.15, 0.2) is 29.2 Å². The fraction of sp³-hybridized carbons (Fsp3) is 0.364. The van der Waals surface area contributed by atoms with E-state index in [-0.39, 0.29) is 11.8 Å². The average molecular weight is 223 g/mol. The first-order valence-corrected chi connectivity index (χ1v) is 6.47.